The lowest BCUT2D eigenvalue weighted by Gasteiger charge is -2.14. The van der Waals surface area contributed by atoms with Gasteiger partial charge in [-0.3, -0.25) is 0 Å². The second-order valence-corrected chi connectivity index (χ2v) is 4.03. The van der Waals surface area contributed by atoms with E-state index in [9.17, 15) is 26.3 Å². The Labute approximate surface area is 113 Å². The first-order valence-electron chi connectivity index (χ1n) is 5.42. The maximum atomic E-state index is 12.9. The largest absolute Gasteiger partial charge is 0.417 e. The minimum atomic E-state index is -4.85. The number of hydrogen-bond donors (Lipinski definition) is 0. The van der Waals surface area contributed by atoms with E-state index in [1.165, 1.54) is 6.92 Å². The minimum absolute atomic E-state index is 0.0827. The van der Waals surface area contributed by atoms with Gasteiger partial charge < -0.3 is 0 Å². The Kier molecular flexibility index (Phi) is 3.56. The highest BCUT2D eigenvalue weighted by molar-refractivity contribution is 5.62. The Morgan fingerprint density at radius 3 is 1.86 bits per heavy atom. The molecule has 112 valence electrons. The lowest BCUT2D eigenvalue weighted by Crippen LogP contribution is -2.12. The average molecular weight is 308 g/mol. The van der Waals surface area contributed by atoms with Crippen molar-refractivity contribution >= 4 is 0 Å². The van der Waals surface area contributed by atoms with Gasteiger partial charge in [0.1, 0.15) is 0 Å². The topological polar surface area (TPSA) is 51.6 Å². The molecule has 0 saturated carbocycles. The lowest BCUT2D eigenvalue weighted by atomic mass is 10.0. The van der Waals surface area contributed by atoms with E-state index in [2.05, 4.69) is 20.4 Å². The molecule has 1 aromatic carbocycles. The molecule has 0 aliphatic carbocycles. The molecule has 0 N–H and O–H groups in total. The van der Waals surface area contributed by atoms with Gasteiger partial charge in [-0.15, -0.1) is 20.4 Å². The van der Waals surface area contributed by atoms with Crippen LogP contribution in [0.15, 0.2) is 18.2 Å². The molecule has 2 rings (SSSR count). The van der Waals surface area contributed by atoms with Crippen molar-refractivity contribution in [3.8, 4) is 11.4 Å². The van der Waals surface area contributed by atoms with Crippen molar-refractivity contribution in [2.75, 3.05) is 0 Å². The molecule has 4 nitrogen and oxygen atoms in total. The van der Waals surface area contributed by atoms with Gasteiger partial charge in [0.2, 0.25) is 5.82 Å². The van der Waals surface area contributed by atoms with E-state index >= 15 is 0 Å². The van der Waals surface area contributed by atoms with Crippen LogP contribution in [0.25, 0.3) is 11.4 Å². The van der Waals surface area contributed by atoms with E-state index in [1.54, 1.807) is 0 Å². The van der Waals surface area contributed by atoms with Gasteiger partial charge in [-0.25, -0.2) is 0 Å². The molecule has 0 saturated heterocycles. The van der Waals surface area contributed by atoms with E-state index in [0.717, 1.165) is 0 Å². The van der Waals surface area contributed by atoms with E-state index in [-0.39, 0.29) is 5.82 Å². The molecule has 2 aromatic rings. The van der Waals surface area contributed by atoms with Crippen LogP contribution in [0.4, 0.5) is 26.3 Å². The van der Waals surface area contributed by atoms with Gasteiger partial charge in [0.25, 0.3) is 0 Å². The predicted octanol–water partition coefficient (Wildman–Crippen LogP) is 3.28. The molecule has 0 aliphatic heterocycles. The van der Waals surface area contributed by atoms with Gasteiger partial charge >= 0.3 is 12.4 Å². The first kappa shape index (κ1) is 15.1. The van der Waals surface area contributed by atoms with Crippen LogP contribution in [-0.2, 0) is 12.4 Å². The predicted molar refractivity (Wildman–Crippen MR) is 57.8 cm³/mol. The first-order chi connectivity index (χ1) is 9.59. The van der Waals surface area contributed by atoms with Crippen molar-refractivity contribution in [1.82, 2.24) is 20.4 Å². The molecule has 1 aromatic heterocycles. The van der Waals surface area contributed by atoms with Crippen molar-refractivity contribution in [2.24, 2.45) is 0 Å². The number of nitrogens with zero attached hydrogens (tertiary/aromatic N) is 4. The number of rotatable bonds is 1. The summed E-state index contributed by atoms with van der Waals surface area (Å²) >= 11 is 0. The van der Waals surface area contributed by atoms with Gasteiger partial charge in [0, 0.05) is 5.56 Å². The molecule has 0 radical (unpaired) electrons. The summed E-state index contributed by atoms with van der Waals surface area (Å²) in [6, 6.07) is 1.01. The third-order valence-corrected chi connectivity index (χ3v) is 2.47. The third-order valence-electron chi connectivity index (χ3n) is 2.47. The second kappa shape index (κ2) is 4.93. The highest BCUT2D eigenvalue weighted by atomic mass is 19.4. The van der Waals surface area contributed by atoms with Crippen LogP contribution in [0, 0.1) is 6.92 Å². The van der Waals surface area contributed by atoms with Crippen LogP contribution in [0.1, 0.15) is 17.0 Å². The number of aromatic nitrogens is 4. The molecular formula is C11H6F6N4. The maximum Gasteiger partial charge on any atom is 0.417 e. The van der Waals surface area contributed by atoms with Crippen LogP contribution in [-0.4, -0.2) is 20.4 Å². The van der Waals surface area contributed by atoms with E-state index < -0.39 is 34.9 Å². The SMILES string of the molecule is Cc1nnc(-c2cc(C(F)(F)F)ccc2C(F)(F)F)nn1. The second-order valence-electron chi connectivity index (χ2n) is 4.03. The number of alkyl halides is 6. The molecule has 0 amide bonds. The molecule has 0 unspecified atom stereocenters. The van der Waals surface area contributed by atoms with Gasteiger partial charge in [0.05, 0.1) is 11.1 Å². The summed E-state index contributed by atoms with van der Waals surface area (Å²) in [6.07, 6.45) is -9.64. The van der Waals surface area contributed by atoms with Crippen LogP contribution in [0.2, 0.25) is 0 Å². The van der Waals surface area contributed by atoms with Crippen molar-refractivity contribution in [1.29, 1.82) is 0 Å². The van der Waals surface area contributed by atoms with Crippen molar-refractivity contribution in [3.05, 3.63) is 35.2 Å². The van der Waals surface area contributed by atoms with Crippen LogP contribution in [0.3, 0.4) is 0 Å². The Morgan fingerprint density at radius 1 is 0.810 bits per heavy atom. The van der Waals surface area contributed by atoms with Gasteiger partial charge in [-0.05, 0) is 25.1 Å². The number of halogens is 6. The number of hydrogen-bond acceptors (Lipinski definition) is 4. The molecular weight excluding hydrogens is 302 g/mol. The van der Waals surface area contributed by atoms with Gasteiger partial charge in [-0.2, -0.15) is 26.3 Å². The molecule has 21 heavy (non-hydrogen) atoms. The molecule has 0 spiro atoms. The molecule has 0 fully saturated rings. The summed E-state index contributed by atoms with van der Waals surface area (Å²) in [6.45, 7) is 1.39. The fourth-order valence-corrected chi connectivity index (χ4v) is 1.54. The fourth-order valence-electron chi connectivity index (χ4n) is 1.54. The van der Waals surface area contributed by atoms with Crippen LogP contribution < -0.4 is 0 Å². The monoisotopic (exact) mass is 308 g/mol. The first-order valence-corrected chi connectivity index (χ1v) is 5.42. The molecule has 0 aliphatic rings. The third kappa shape index (κ3) is 3.26. The standard InChI is InChI=1S/C11H6F6N4/c1-5-18-20-9(21-19-5)7-4-6(10(12,13)14)2-3-8(7)11(15,16)17/h2-4H,1H3. The van der Waals surface area contributed by atoms with E-state index in [1.807, 2.05) is 0 Å². The van der Waals surface area contributed by atoms with Crippen LogP contribution in [0.5, 0.6) is 0 Å². The molecule has 10 heteroatoms. The Balaban J connectivity index is 2.67. The Hall–Kier alpha value is -2.26. The quantitative estimate of drug-likeness (QED) is 0.759. The summed E-state index contributed by atoms with van der Waals surface area (Å²) in [5.74, 6) is -0.543. The summed E-state index contributed by atoms with van der Waals surface area (Å²) < 4.78 is 76.5. The summed E-state index contributed by atoms with van der Waals surface area (Å²) in [4.78, 5) is 0. The average Bonchev–Trinajstić information content (AvgIpc) is 2.37. The summed E-state index contributed by atoms with van der Waals surface area (Å²) in [5.41, 5.74) is -3.35. The minimum Gasteiger partial charge on any atom is -0.166 e. The highest BCUT2D eigenvalue weighted by Crippen LogP contribution is 2.39. The van der Waals surface area contributed by atoms with Crippen molar-refractivity contribution in [3.63, 3.8) is 0 Å². The zero-order valence-electron chi connectivity index (χ0n) is 10.3. The maximum absolute atomic E-state index is 12.9. The summed E-state index contributed by atoms with van der Waals surface area (Å²) in [5, 5.41) is 13.5. The molecule has 0 bridgehead atoms. The van der Waals surface area contributed by atoms with E-state index in [4.69, 9.17) is 0 Å². The highest BCUT2D eigenvalue weighted by Gasteiger charge is 2.38. The summed E-state index contributed by atoms with van der Waals surface area (Å²) in [7, 11) is 0. The number of aryl methyl sites for hydroxylation is 1. The molecule has 0 atom stereocenters. The normalized spacial score (nSPS) is 12.5. The zero-order valence-corrected chi connectivity index (χ0v) is 10.3. The van der Waals surface area contributed by atoms with Gasteiger partial charge in [0.15, 0.2) is 5.82 Å². The van der Waals surface area contributed by atoms with Crippen molar-refractivity contribution in [2.45, 2.75) is 19.3 Å². The van der Waals surface area contributed by atoms with Crippen molar-refractivity contribution < 1.29 is 26.3 Å². The fraction of sp³-hybridized carbons (Fsp3) is 0.273. The Morgan fingerprint density at radius 2 is 1.38 bits per heavy atom. The van der Waals surface area contributed by atoms with Crippen LogP contribution >= 0.6 is 0 Å². The smallest absolute Gasteiger partial charge is 0.166 e. The zero-order chi connectivity index (χ0) is 15.8. The van der Waals surface area contributed by atoms with Gasteiger partial charge in [-0.1, -0.05) is 0 Å². The lowest BCUT2D eigenvalue weighted by molar-refractivity contribution is -0.141. The number of benzene rings is 1. The molecule has 1 heterocycles. The Bertz CT molecular complexity index is 647. The van der Waals surface area contributed by atoms with E-state index in [0.29, 0.717) is 18.2 Å².